The van der Waals surface area contributed by atoms with Crippen LogP contribution >= 0.6 is 11.6 Å². The molecule has 2 fully saturated rings. The number of rotatable bonds is 6. The minimum Gasteiger partial charge on any atom is -0.443 e. The Morgan fingerprint density at radius 3 is 2.52 bits per heavy atom. The van der Waals surface area contributed by atoms with Crippen molar-refractivity contribution >= 4 is 29.3 Å². The van der Waals surface area contributed by atoms with E-state index in [1.807, 2.05) is 41.3 Å². The molecule has 3 aliphatic rings. The van der Waals surface area contributed by atoms with Gasteiger partial charge in [0.1, 0.15) is 6.61 Å². The van der Waals surface area contributed by atoms with E-state index >= 15 is 0 Å². The fourth-order valence-electron chi connectivity index (χ4n) is 5.38. The molecule has 0 saturated heterocycles. The highest BCUT2D eigenvalue weighted by Gasteiger charge is 2.40. The number of amides is 2. The Morgan fingerprint density at radius 1 is 1.02 bits per heavy atom. The van der Waals surface area contributed by atoms with E-state index in [0.29, 0.717) is 30.5 Å². The first kappa shape index (κ1) is 26.2. The lowest BCUT2D eigenvalue weighted by Gasteiger charge is -2.37. The predicted octanol–water partition coefficient (Wildman–Crippen LogP) is 6.63. The van der Waals surface area contributed by atoms with E-state index in [-0.39, 0.29) is 35.2 Å². The van der Waals surface area contributed by atoms with Crippen LogP contribution in [0.15, 0.2) is 83.7 Å². The van der Waals surface area contributed by atoms with Crippen LogP contribution in [-0.2, 0) is 11.3 Å². The molecule has 0 N–H and O–H groups in total. The number of fused-ring (bicyclic) bond motifs is 1. The van der Waals surface area contributed by atoms with Crippen LogP contribution in [0.3, 0.4) is 0 Å². The number of hydrogen-bond acceptors (Lipinski definition) is 5. The molecule has 40 heavy (non-hydrogen) atoms. The average Bonchev–Trinajstić information content (AvgIpc) is 3.82. The van der Waals surface area contributed by atoms with E-state index in [1.165, 1.54) is 11.2 Å². The molecule has 1 aromatic heterocycles. The van der Waals surface area contributed by atoms with Gasteiger partial charge in [-0.2, -0.15) is 10.1 Å². The molecule has 0 radical (unpaired) electrons. The highest BCUT2D eigenvalue weighted by Crippen LogP contribution is 2.37. The van der Waals surface area contributed by atoms with E-state index in [2.05, 4.69) is 10.1 Å². The maximum absolute atomic E-state index is 14.3. The van der Waals surface area contributed by atoms with Crippen LogP contribution < -0.4 is 0 Å². The molecule has 9 heteroatoms. The second-order valence-corrected chi connectivity index (χ2v) is 10.7. The zero-order valence-corrected chi connectivity index (χ0v) is 22.6. The van der Waals surface area contributed by atoms with Crippen LogP contribution in [0.5, 0.6) is 0 Å². The molecule has 0 bridgehead atoms. The second kappa shape index (κ2) is 11.2. The third-order valence-electron chi connectivity index (χ3n) is 7.55. The van der Waals surface area contributed by atoms with Gasteiger partial charge in [0.2, 0.25) is 0 Å². The molecule has 1 aliphatic heterocycles. The van der Waals surface area contributed by atoms with Gasteiger partial charge < -0.3 is 9.64 Å². The zero-order chi connectivity index (χ0) is 27.6. The van der Waals surface area contributed by atoms with E-state index in [4.69, 9.17) is 16.3 Å². The lowest BCUT2D eigenvalue weighted by molar-refractivity contribution is 0.0646. The number of hydrazone groups is 1. The van der Waals surface area contributed by atoms with Gasteiger partial charge in [-0.25, -0.2) is 9.18 Å². The van der Waals surface area contributed by atoms with Crippen molar-refractivity contribution < 1.29 is 18.7 Å². The first-order valence-electron chi connectivity index (χ1n) is 13.4. The van der Waals surface area contributed by atoms with E-state index in [1.54, 1.807) is 24.3 Å². The molecule has 0 spiro atoms. The number of carbonyl (C=O) groups excluding carboxylic acids is 2. The Bertz CT molecular complexity index is 1470. The SMILES string of the molecule is O=C(OCc1ccccc1)N1CC=C2CC(N(C(=O)c3ccc(-c4c(F)cncc4Cl)cc3)C3CC3)CCC2=N1. The summed E-state index contributed by atoms with van der Waals surface area (Å²) < 4.78 is 19.8. The van der Waals surface area contributed by atoms with Crippen molar-refractivity contribution in [1.29, 1.82) is 0 Å². The summed E-state index contributed by atoms with van der Waals surface area (Å²) in [4.78, 5) is 32.1. The molecule has 204 valence electrons. The van der Waals surface area contributed by atoms with E-state index in [0.717, 1.165) is 42.3 Å². The van der Waals surface area contributed by atoms with Crippen molar-refractivity contribution in [3.63, 3.8) is 0 Å². The van der Waals surface area contributed by atoms with Crippen molar-refractivity contribution in [1.82, 2.24) is 14.9 Å². The molecule has 2 aliphatic carbocycles. The molecular formula is C31H28ClFN4O3. The van der Waals surface area contributed by atoms with Crippen molar-refractivity contribution in [2.45, 2.75) is 50.8 Å². The van der Waals surface area contributed by atoms with Gasteiger partial charge in [0.05, 0.1) is 23.5 Å². The van der Waals surface area contributed by atoms with Gasteiger partial charge >= 0.3 is 6.09 Å². The summed E-state index contributed by atoms with van der Waals surface area (Å²) in [7, 11) is 0. The number of halogens is 2. The van der Waals surface area contributed by atoms with Crippen LogP contribution in [0.1, 0.15) is 48.0 Å². The van der Waals surface area contributed by atoms with Crippen LogP contribution in [-0.4, -0.2) is 51.2 Å². The van der Waals surface area contributed by atoms with Crippen LogP contribution in [0.2, 0.25) is 5.02 Å². The predicted molar refractivity (Wildman–Crippen MR) is 150 cm³/mol. The first-order chi connectivity index (χ1) is 19.5. The standard InChI is InChI=1S/C31H28ClFN4O3/c32-26-17-34-18-27(33)29(26)21-6-8-22(9-7-21)30(38)37(24-10-11-24)25-12-13-28-23(16-25)14-15-36(35-28)31(39)40-19-20-4-2-1-3-5-20/h1-9,14,17-18,24-25H,10-13,15-16,19H2. The van der Waals surface area contributed by atoms with Gasteiger partial charge in [0, 0.05) is 29.4 Å². The molecule has 7 nitrogen and oxygen atoms in total. The molecule has 2 heterocycles. The van der Waals surface area contributed by atoms with E-state index in [9.17, 15) is 14.0 Å². The maximum Gasteiger partial charge on any atom is 0.431 e. The topological polar surface area (TPSA) is 75.1 Å². The van der Waals surface area contributed by atoms with Crippen molar-refractivity contribution in [2.24, 2.45) is 5.10 Å². The van der Waals surface area contributed by atoms with Crippen molar-refractivity contribution in [2.75, 3.05) is 6.54 Å². The minimum atomic E-state index is -0.505. The maximum atomic E-state index is 14.3. The number of hydrogen-bond donors (Lipinski definition) is 0. The average molecular weight is 559 g/mol. The van der Waals surface area contributed by atoms with Gasteiger partial charge in [-0.15, -0.1) is 0 Å². The number of pyridine rings is 1. The summed E-state index contributed by atoms with van der Waals surface area (Å²) in [5.41, 5.74) is 4.31. The first-order valence-corrected chi connectivity index (χ1v) is 13.8. The number of carbonyl (C=O) groups is 2. The van der Waals surface area contributed by atoms with Crippen molar-refractivity contribution in [3.05, 3.63) is 101 Å². The Morgan fingerprint density at radius 2 is 1.80 bits per heavy atom. The zero-order valence-electron chi connectivity index (χ0n) is 21.8. The number of aromatic nitrogens is 1. The molecule has 1 atom stereocenters. The third-order valence-corrected chi connectivity index (χ3v) is 7.84. The lowest BCUT2D eigenvalue weighted by atomic mass is 9.86. The summed E-state index contributed by atoms with van der Waals surface area (Å²) >= 11 is 6.17. The van der Waals surface area contributed by atoms with Gasteiger partial charge in [-0.3, -0.25) is 9.78 Å². The molecule has 3 aromatic rings. The molecule has 2 aromatic carbocycles. The smallest absolute Gasteiger partial charge is 0.431 e. The normalized spacial score (nSPS) is 18.4. The molecule has 2 amide bonds. The molecule has 6 rings (SSSR count). The van der Waals surface area contributed by atoms with E-state index < -0.39 is 11.9 Å². The monoisotopic (exact) mass is 558 g/mol. The van der Waals surface area contributed by atoms with Crippen LogP contribution in [0, 0.1) is 5.82 Å². The number of nitrogens with zero attached hydrogens (tertiary/aromatic N) is 4. The van der Waals surface area contributed by atoms with Crippen LogP contribution in [0.25, 0.3) is 11.1 Å². The molecule has 1 unspecified atom stereocenters. The summed E-state index contributed by atoms with van der Waals surface area (Å²) in [5, 5.41) is 6.17. The Kier molecular flexibility index (Phi) is 7.34. The second-order valence-electron chi connectivity index (χ2n) is 10.3. The van der Waals surface area contributed by atoms with Gasteiger partial charge in [-0.1, -0.05) is 60.1 Å². The van der Waals surface area contributed by atoms with Crippen molar-refractivity contribution in [3.8, 4) is 11.1 Å². The Balaban J connectivity index is 1.12. The quantitative estimate of drug-likeness (QED) is 0.340. The summed E-state index contributed by atoms with van der Waals surface area (Å²) in [6, 6.07) is 16.7. The fraction of sp³-hybridized carbons (Fsp3) is 0.290. The highest BCUT2D eigenvalue weighted by molar-refractivity contribution is 6.33. The highest BCUT2D eigenvalue weighted by atomic mass is 35.5. The summed E-state index contributed by atoms with van der Waals surface area (Å²) in [6.45, 7) is 0.537. The number of benzene rings is 2. The van der Waals surface area contributed by atoms with Gasteiger partial charge in [0.15, 0.2) is 5.82 Å². The van der Waals surface area contributed by atoms with Gasteiger partial charge in [0.25, 0.3) is 5.91 Å². The Labute approximate surface area is 236 Å². The largest absolute Gasteiger partial charge is 0.443 e. The lowest BCUT2D eigenvalue weighted by Crippen LogP contribution is -2.45. The summed E-state index contributed by atoms with van der Waals surface area (Å²) in [6.07, 6.45) is 8.19. The minimum absolute atomic E-state index is 0.0248. The fourth-order valence-corrected chi connectivity index (χ4v) is 5.64. The molecular weight excluding hydrogens is 531 g/mol. The van der Waals surface area contributed by atoms with Crippen LogP contribution in [0.4, 0.5) is 9.18 Å². The molecule has 2 saturated carbocycles. The number of ether oxygens (including phenoxy) is 1. The Hall–Kier alpha value is -4.04. The summed E-state index contributed by atoms with van der Waals surface area (Å²) in [5.74, 6) is -0.530. The van der Waals surface area contributed by atoms with Gasteiger partial charge in [-0.05, 0) is 60.9 Å². The third kappa shape index (κ3) is 5.49.